The molecule has 2 N–H and O–H groups in total. The summed E-state index contributed by atoms with van der Waals surface area (Å²) in [7, 11) is 0. The highest BCUT2D eigenvalue weighted by Gasteiger charge is 2.27. The number of benzene rings is 2. The molecule has 0 spiro atoms. The lowest BCUT2D eigenvalue weighted by molar-refractivity contribution is 0.0469. The number of nitrogens with two attached hydrogens (primary N) is 1. The highest BCUT2D eigenvalue weighted by molar-refractivity contribution is 9.10. The van der Waals surface area contributed by atoms with Crippen LogP contribution in [0, 0.1) is 6.92 Å². The molecule has 0 fully saturated rings. The molecule has 21 heavy (non-hydrogen) atoms. The van der Waals surface area contributed by atoms with Crippen molar-refractivity contribution in [1.82, 2.24) is 0 Å². The van der Waals surface area contributed by atoms with Crippen molar-refractivity contribution in [1.29, 1.82) is 0 Å². The molecule has 0 bridgehead atoms. The average molecular weight is 346 g/mol. The molecule has 1 atom stereocenters. The van der Waals surface area contributed by atoms with Crippen molar-refractivity contribution in [2.75, 3.05) is 12.3 Å². The second-order valence-corrected chi connectivity index (χ2v) is 6.28. The highest BCUT2D eigenvalue weighted by atomic mass is 79.9. The van der Waals surface area contributed by atoms with E-state index in [1.54, 1.807) is 12.1 Å². The van der Waals surface area contributed by atoms with Crippen LogP contribution in [0.3, 0.4) is 0 Å². The average Bonchev–Trinajstić information content (AvgIpc) is 2.43. The van der Waals surface area contributed by atoms with Gasteiger partial charge in [-0.25, -0.2) is 4.79 Å². The van der Waals surface area contributed by atoms with E-state index >= 15 is 0 Å². The monoisotopic (exact) mass is 345 g/mol. The zero-order chi connectivity index (χ0) is 15.0. The van der Waals surface area contributed by atoms with Crippen molar-refractivity contribution in [3.05, 3.63) is 63.1 Å². The van der Waals surface area contributed by atoms with Crippen LogP contribution in [0.15, 0.2) is 40.9 Å². The Morgan fingerprint density at radius 1 is 1.38 bits per heavy atom. The number of ether oxygens (including phenoxy) is 1. The second-order valence-electron chi connectivity index (χ2n) is 5.37. The predicted octanol–water partition coefficient (Wildman–Crippen LogP) is 3.84. The van der Waals surface area contributed by atoms with Gasteiger partial charge in [0.25, 0.3) is 0 Å². The number of anilines is 1. The van der Waals surface area contributed by atoms with Gasteiger partial charge in [-0.3, -0.25) is 0 Å². The summed E-state index contributed by atoms with van der Waals surface area (Å²) < 4.78 is 6.25. The summed E-state index contributed by atoms with van der Waals surface area (Å²) in [6.07, 6.45) is 0.975. The van der Waals surface area contributed by atoms with Gasteiger partial charge in [0, 0.05) is 16.1 Å². The number of hydrogen-bond acceptors (Lipinski definition) is 3. The fraction of sp³-hybridized carbons (Fsp3) is 0.235. The first-order valence-corrected chi connectivity index (χ1v) is 7.66. The van der Waals surface area contributed by atoms with E-state index in [1.165, 1.54) is 11.1 Å². The van der Waals surface area contributed by atoms with Crippen LogP contribution in [-0.2, 0) is 11.2 Å². The number of hydrogen-bond donors (Lipinski definition) is 1. The molecule has 3 nitrogen and oxygen atoms in total. The van der Waals surface area contributed by atoms with E-state index in [0.717, 1.165) is 16.5 Å². The molecule has 1 aliphatic rings. The van der Waals surface area contributed by atoms with Crippen LogP contribution in [0.25, 0.3) is 0 Å². The molecule has 2 aromatic rings. The van der Waals surface area contributed by atoms with Crippen molar-refractivity contribution in [3.63, 3.8) is 0 Å². The molecule has 0 amide bonds. The first-order chi connectivity index (χ1) is 10.1. The Kier molecular flexibility index (Phi) is 3.72. The van der Waals surface area contributed by atoms with Gasteiger partial charge in [0.15, 0.2) is 0 Å². The maximum absolute atomic E-state index is 12.2. The Morgan fingerprint density at radius 2 is 2.14 bits per heavy atom. The van der Waals surface area contributed by atoms with Crippen molar-refractivity contribution < 1.29 is 9.53 Å². The number of carbonyl (C=O) groups excluding carboxylic acids is 1. The first-order valence-electron chi connectivity index (χ1n) is 6.87. The standard InChI is InChI=1S/C17H16BrNO2/c1-10-15(7-13(18)8-16(10)19)17(20)21-9-12-6-11-4-2-3-5-14(11)12/h2-5,7-8,12H,6,9,19H2,1H3. The topological polar surface area (TPSA) is 52.3 Å². The lowest BCUT2D eigenvalue weighted by Crippen LogP contribution is -2.23. The van der Waals surface area contributed by atoms with Gasteiger partial charge in [-0.05, 0) is 42.2 Å². The van der Waals surface area contributed by atoms with Crippen LogP contribution in [0.1, 0.15) is 33.0 Å². The van der Waals surface area contributed by atoms with Gasteiger partial charge in [0.2, 0.25) is 0 Å². The van der Waals surface area contributed by atoms with Gasteiger partial charge < -0.3 is 10.5 Å². The number of halogens is 1. The molecule has 2 aromatic carbocycles. The fourth-order valence-corrected chi connectivity index (χ4v) is 3.15. The maximum Gasteiger partial charge on any atom is 0.338 e. The van der Waals surface area contributed by atoms with Crippen LogP contribution in [0.2, 0.25) is 0 Å². The van der Waals surface area contributed by atoms with Gasteiger partial charge in [-0.15, -0.1) is 0 Å². The predicted molar refractivity (Wildman–Crippen MR) is 86.5 cm³/mol. The minimum absolute atomic E-state index is 0.315. The van der Waals surface area contributed by atoms with E-state index in [-0.39, 0.29) is 5.97 Å². The van der Waals surface area contributed by atoms with Crippen LogP contribution < -0.4 is 5.73 Å². The summed E-state index contributed by atoms with van der Waals surface area (Å²) >= 11 is 3.35. The third kappa shape index (κ3) is 2.68. The summed E-state index contributed by atoms with van der Waals surface area (Å²) in [5.41, 5.74) is 10.4. The van der Waals surface area contributed by atoms with E-state index in [1.807, 2.05) is 19.1 Å². The van der Waals surface area contributed by atoms with Crippen LogP contribution in [0.4, 0.5) is 5.69 Å². The van der Waals surface area contributed by atoms with E-state index < -0.39 is 0 Å². The van der Waals surface area contributed by atoms with E-state index in [0.29, 0.717) is 23.8 Å². The maximum atomic E-state index is 12.2. The van der Waals surface area contributed by atoms with Gasteiger partial charge in [0.1, 0.15) is 0 Å². The first kappa shape index (κ1) is 14.1. The number of rotatable bonds is 3. The van der Waals surface area contributed by atoms with Crippen molar-refractivity contribution >= 4 is 27.6 Å². The van der Waals surface area contributed by atoms with E-state index in [9.17, 15) is 4.79 Å². The lowest BCUT2D eigenvalue weighted by atomic mass is 9.78. The summed E-state index contributed by atoms with van der Waals surface area (Å²) in [4.78, 5) is 12.2. The minimum atomic E-state index is -0.315. The Bertz CT molecular complexity index is 712. The largest absolute Gasteiger partial charge is 0.461 e. The Hall–Kier alpha value is -1.81. The molecule has 108 valence electrons. The molecule has 0 heterocycles. The zero-order valence-electron chi connectivity index (χ0n) is 11.7. The Balaban J connectivity index is 1.69. The van der Waals surface area contributed by atoms with Crippen LogP contribution in [-0.4, -0.2) is 12.6 Å². The third-order valence-electron chi connectivity index (χ3n) is 4.01. The molecule has 3 rings (SSSR count). The molecular formula is C17H16BrNO2. The normalized spacial score (nSPS) is 16.0. The molecule has 0 saturated heterocycles. The van der Waals surface area contributed by atoms with Crippen LogP contribution in [0.5, 0.6) is 0 Å². The number of esters is 1. The molecule has 0 aliphatic heterocycles. The number of fused-ring (bicyclic) bond motifs is 1. The summed E-state index contributed by atoms with van der Waals surface area (Å²) in [6, 6.07) is 11.8. The van der Waals surface area contributed by atoms with Crippen molar-refractivity contribution in [2.45, 2.75) is 19.3 Å². The number of nitrogen functional groups attached to an aromatic ring is 1. The second kappa shape index (κ2) is 5.53. The van der Waals surface area contributed by atoms with Gasteiger partial charge in [0.05, 0.1) is 12.2 Å². The molecule has 1 unspecified atom stereocenters. The van der Waals surface area contributed by atoms with Crippen LogP contribution >= 0.6 is 15.9 Å². The molecule has 0 aromatic heterocycles. The molecule has 1 aliphatic carbocycles. The van der Waals surface area contributed by atoms with Crippen molar-refractivity contribution in [3.8, 4) is 0 Å². The zero-order valence-corrected chi connectivity index (χ0v) is 13.3. The smallest absolute Gasteiger partial charge is 0.338 e. The molecular weight excluding hydrogens is 330 g/mol. The van der Waals surface area contributed by atoms with E-state index in [4.69, 9.17) is 10.5 Å². The molecule has 0 saturated carbocycles. The third-order valence-corrected chi connectivity index (χ3v) is 4.47. The lowest BCUT2D eigenvalue weighted by Gasteiger charge is -2.29. The van der Waals surface area contributed by atoms with Gasteiger partial charge >= 0.3 is 5.97 Å². The fourth-order valence-electron chi connectivity index (χ4n) is 2.68. The summed E-state index contributed by atoms with van der Waals surface area (Å²) in [6.45, 7) is 2.25. The SMILES string of the molecule is Cc1c(N)cc(Br)cc1C(=O)OCC1Cc2ccccc21. The minimum Gasteiger partial charge on any atom is -0.461 e. The number of carbonyl (C=O) groups is 1. The summed E-state index contributed by atoms with van der Waals surface area (Å²) in [5, 5.41) is 0. The molecule has 4 heteroatoms. The van der Waals surface area contributed by atoms with E-state index in [2.05, 4.69) is 28.1 Å². The van der Waals surface area contributed by atoms with Gasteiger partial charge in [-0.2, -0.15) is 0 Å². The van der Waals surface area contributed by atoms with Gasteiger partial charge in [-0.1, -0.05) is 40.2 Å². The highest BCUT2D eigenvalue weighted by Crippen LogP contribution is 2.35. The Labute approximate surface area is 132 Å². The van der Waals surface area contributed by atoms with Crippen molar-refractivity contribution in [2.24, 2.45) is 0 Å². The Morgan fingerprint density at radius 3 is 2.90 bits per heavy atom. The molecule has 0 radical (unpaired) electrons. The summed E-state index contributed by atoms with van der Waals surface area (Å²) in [5.74, 6) is -0.000151. The quantitative estimate of drug-likeness (QED) is 0.679.